The van der Waals surface area contributed by atoms with E-state index in [1.165, 1.54) is 0 Å². The Bertz CT molecular complexity index is 461. The van der Waals surface area contributed by atoms with Gasteiger partial charge in [0.05, 0.1) is 0 Å². The van der Waals surface area contributed by atoms with Crippen LogP contribution >= 0.6 is 0 Å². The number of nitrogens with zero attached hydrogens (tertiary/aromatic N) is 2. The molecule has 0 aromatic carbocycles. The van der Waals surface area contributed by atoms with Crippen LogP contribution in [0.5, 0.6) is 0 Å². The van der Waals surface area contributed by atoms with Gasteiger partial charge in [-0.2, -0.15) is 0 Å². The van der Waals surface area contributed by atoms with E-state index in [0.717, 1.165) is 31.4 Å². The van der Waals surface area contributed by atoms with E-state index in [1.54, 1.807) is 6.20 Å². The highest BCUT2D eigenvalue weighted by Gasteiger charge is 2.27. The number of hydrogen-bond acceptors (Lipinski definition) is 4. The predicted octanol–water partition coefficient (Wildman–Crippen LogP) is 2.28. The van der Waals surface area contributed by atoms with Gasteiger partial charge in [-0.15, -0.1) is 0 Å². The summed E-state index contributed by atoms with van der Waals surface area (Å²) in [5.41, 5.74) is 0.951. The summed E-state index contributed by atoms with van der Waals surface area (Å²) in [6, 6.07) is 2.37. The molecule has 1 aliphatic carbocycles. The lowest BCUT2D eigenvalue weighted by Crippen LogP contribution is -2.40. The molecule has 2 atom stereocenters. The topological polar surface area (TPSA) is 66.9 Å². The minimum atomic E-state index is 0.105. The van der Waals surface area contributed by atoms with Gasteiger partial charge in [-0.1, -0.05) is 6.42 Å². The molecule has 0 spiro atoms. The van der Waals surface area contributed by atoms with Crippen LogP contribution in [0.4, 0.5) is 5.95 Å². The fraction of sp³-hybridized carbons (Fsp3) is 0.667. The van der Waals surface area contributed by atoms with Gasteiger partial charge in [0, 0.05) is 29.9 Å². The number of aromatic nitrogens is 2. The number of rotatable bonds is 4. The molecule has 20 heavy (non-hydrogen) atoms. The van der Waals surface area contributed by atoms with Crippen molar-refractivity contribution in [1.29, 1.82) is 0 Å². The lowest BCUT2D eigenvalue weighted by Gasteiger charge is -2.29. The molecule has 1 fully saturated rings. The molecule has 2 rings (SSSR count). The van der Waals surface area contributed by atoms with Crippen molar-refractivity contribution >= 4 is 11.9 Å². The molecule has 2 unspecified atom stereocenters. The van der Waals surface area contributed by atoms with Gasteiger partial charge in [0.1, 0.15) is 0 Å². The molecular formula is C15H24N4O. The summed E-state index contributed by atoms with van der Waals surface area (Å²) >= 11 is 0. The first-order chi connectivity index (χ1) is 9.54. The summed E-state index contributed by atoms with van der Waals surface area (Å²) in [6.45, 7) is 5.95. The minimum absolute atomic E-state index is 0.105. The summed E-state index contributed by atoms with van der Waals surface area (Å²) in [6.07, 6.45) is 5.74. The van der Waals surface area contributed by atoms with Crippen molar-refractivity contribution in [1.82, 2.24) is 15.3 Å². The van der Waals surface area contributed by atoms with Gasteiger partial charge in [-0.25, -0.2) is 9.97 Å². The Morgan fingerprint density at radius 3 is 2.90 bits per heavy atom. The lowest BCUT2D eigenvalue weighted by molar-refractivity contribution is -0.126. The third kappa shape index (κ3) is 4.18. The standard InChI is InChI=1S/C15H24N4O/c1-10(2)17-14(20)12-5-4-6-13(9-12)19-15-16-8-7-11(3)18-15/h7-8,10,12-13H,4-6,9H2,1-3H3,(H,17,20)(H,16,18,19). The summed E-state index contributed by atoms with van der Waals surface area (Å²) in [5, 5.41) is 6.37. The molecule has 5 nitrogen and oxygen atoms in total. The van der Waals surface area contributed by atoms with Crippen molar-refractivity contribution in [2.45, 2.75) is 58.5 Å². The van der Waals surface area contributed by atoms with Gasteiger partial charge in [0.25, 0.3) is 0 Å². The Labute approximate surface area is 120 Å². The van der Waals surface area contributed by atoms with Crippen LogP contribution in [0.15, 0.2) is 12.3 Å². The quantitative estimate of drug-likeness (QED) is 0.885. The smallest absolute Gasteiger partial charge is 0.223 e. The largest absolute Gasteiger partial charge is 0.354 e. The number of anilines is 1. The van der Waals surface area contributed by atoms with Crippen LogP contribution in [0.25, 0.3) is 0 Å². The molecule has 0 saturated heterocycles. The molecule has 1 saturated carbocycles. The van der Waals surface area contributed by atoms with Gasteiger partial charge in [0.2, 0.25) is 11.9 Å². The molecule has 1 amide bonds. The van der Waals surface area contributed by atoms with E-state index in [1.807, 2.05) is 26.8 Å². The Hall–Kier alpha value is -1.65. The number of carbonyl (C=O) groups excluding carboxylic acids is 1. The van der Waals surface area contributed by atoms with Crippen molar-refractivity contribution in [3.05, 3.63) is 18.0 Å². The summed E-state index contributed by atoms with van der Waals surface area (Å²) < 4.78 is 0. The van der Waals surface area contributed by atoms with Gasteiger partial charge in [-0.3, -0.25) is 4.79 Å². The summed E-state index contributed by atoms with van der Waals surface area (Å²) in [7, 11) is 0. The van der Waals surface area contributed by atoms with Crippen LogP contribution < -0.4 is 10.6 Å². The molecule has 1 aliphatic rings. The maximum absolute atomic E-state index is 12.1. The third-order valence-corrected chi connectivity index (χ3v) is 3.60. The van der Waals surface area contributed by atoms with Crippen molar-refractivity contribution < 1.29 is 4.79 Å². The highest BCUT2D eigenvalue weighted by molar-refractivity contribution is 5.79. The van der Waals surface area contributed by atoms with Gasteiger partial charge in [0.15, 0.2) is 0 Å². The molecule has 0 bridgehead atoms. The number of aryl methyl sites for hydroxylation is 1. The van der Waals surface area contributed by atoms with Crippen molar-refractivity contribution in [3.63, 3.8) is 0 Å². The maximum Gasteiger partial charge on any atom is 0.223 e. The number of amides is 1. The molecule has 1 aromatic rings. The molecule has 0 radical (unpaired) electrons. The Morgan fingerprint density at radius 2 is 2.20 bits per heavy atom. The van der Waals surface area contributed by atoms with E-state index in [-0.39, 0.29) is 23.9 Å². The Kier molecular flexibility index (Phi) is 4.93. The van der Waals surface area contributed by atoms with E-state index in [0.29, 0.717) is 5.95 Å². The SMILES string of the molecule is Cc1ccnc(NC2CCCC(C(=O)NC(C)C)C2)n1. The zero-order chi connectivity index (χ0) is 14.5. The number of hydrogen-bond donors (Lipinski definition) is 2. The zero-order valence-electron chi connectivity index (χ0n) is 12.5. The summed E-state index contributed by atoms with van der Waals surface area (Å²) in [4.78, 5) is 20.7. The first kappa shape index (κ1) is 14.8. The van der Waals surface area contributed by atoms with Crippen LogP contribution in [0.2, 0.25) is 0 Å². The monoisotopic (exact) mass is 276 g/mol. The third-order valence-electron chi connectivity index (χ3n) is 3.60. The maximum atomic E-state index is 12.1. The molecule has 1 heterocycles. The normalized spacial score (nSPS) is 22.6. The van der Waals surface area contributed by atoms with Crippen molar-refractivity contribution in [2.24, 2.45) is 5.92 Å². The fourth-order valence-electron chi connectivity index (χ4n) is 2.66. The van der Waals surface area contributed by atoms with E-state index >= 15 is 0 Å². The van der Waals surface area contributed by atoms with Crippen LogP contribution in [0, 0.1) is 12.8 Å². The number of nitrogens with one attached hydrogen (secondary N) is 2. The van der Waals surface area contributed by atoms with Crippen molar-refractivity contribution in [2.75, 3.05) is 5.32 Å². The fourth-order valence-corrected chi connectivity index (χ4v) is 2.66. The molecule has 2 N–H and O–H groups in total. The summed E-state index contributed by atoms with van der Waals surface area (Å²) in [5.74, 6) is 0.949. The molecule has 110 valence electrons. The van der Waals surface area contributed by atoms with E-state index in [9.17, 15) is 4.79 Å². The first-order valence-corrected chi connectivity index (χ1v) is 7.41. The van der Waals surface area contributed by atoms with E-state index in [4.69, 9.17) is 0 Å². The van der Waals surface area contributed by atoms with Gasteiger partial charge < -0.3 is 10.6 Å². The predicted molar refractivity (Wildman–Crippen MR) is 79.4 cm³/mol. The molecule has 5 heteroatoms. The van der Waals surface area contributed by atoms with E-state index in [2.05, 4.69) is 20.6 Å². The first-order valence-electron chi connectivity index (χ1n) is 7.41. The van der Waals surface area contributed by atoms with Gasteiger partial charge in [-0.05, 0) is 46.1 Å². The highest BCUT2D eigenvalue weighted by atomic mass is 16.1. The average molecular weight is 276 g/mol. The average Bonchev–Trinajstić information content (AvgIpc) is 2.38. The minimum Gasteiger partial charge on any atom is -0.354 e. The van der Waals surface area contributed by atoms with Crippen molar-refractivity contribution in [3.8, 4) is 0 Å². The Morgan fingerprint density at radius 1 is 1.40 bits per heavy atom. The Balaban J connectivity index is 1.92. The second-order valence-corrected chi connectivity index (χ2v) is 5.89. The lowest BCUT2D eigenvalue weighted by atomic mass is 9.85. The second kappa shape index (κ2) is 6.68. The highest BCUT2D eigenvalue weighted by Crippen LogP contribution is 2.26. The second-order valence-electron chi connectivity index (χ2n) is 5.89. The van der Waals surface area contributed by atoms with Crippen LogP contribution in [0.1, 0.15) is 45.2 Å². The molecule has 0 aliphatic heterocycles. The van der Waals surface area contributed by atoms with Crippen LogP contribution in [-0.2, 0) is 4.79 Å². The number of carbonyl (C=O) groups is 1. The molecule has 1 aromatic heterocycles. The van der Waals surface area contributed by atoms with E-state index < -0.39 is 0 Å². The van der Waals surface area contributed by atoms with Gasteiger partial charge >= 0.3 is 0 Å². The van der Waals surface area contributed by atoms with Crippen LogP contribution in [0.3, 0.4) is 0 Å². The molecular weight excluding hydrogens is 252 g/mol. The zero-order valence-corrected chi connectivity index (χ0v) is 12.5. The van der Waals surface area contributed by atoms with Crippen LogP contribution in [-0.4, -0.2) is 28.0 Å².